The number of hydrogen-bond donors (Lipinski definition) is 1. The van der Waals surface area contributed by atoms with E-state index >= 15 is 0 Å². The van der Waals surface area contributed by atoms with Crippen molar-refractivity contribution in [1.29, 1.82) is 0 Å². The molecule has 4 nitrogen and oxygen atoms in total. The zero-order valence-electron chi connectivity index (χ0n) is 14.1. The topological polar surface area (TPSA) is 61.8 Å². The van der Waals surface area contributed by atoms with E-state index in [2.05, 4.69) is 15.9 Å². The number of fused-ring (bicyclic) bond motifs is 1. The molecule has 2 aliphatic rings. The summed E-state index contributed by atoms with van der Waals surface area (Å²) in [6, 6.07) is 0. The van der Waals surface area contributed by atoms with E-state index in [-0.39, 0.29) is 24.5 Å². The normalized spacial score (nSPS) is 41.9. The summed E-state index contributed by atoms with van der Waals surface area (Å²) in [6.45, 7) is 5.18. The molecular formula is C16H25BrF3O4-. The molecule has 1 saturated carbocycles. The van der Waals surface area contributed by atoms with Gasteiger partial charge in [0.05, 0.1) is 12.7 Å². The van der Waals surface area contributed by atoms with Crippen molar-refractivity contribution in [3.05, 3.63) is 0 Å². The second-order valence-electron chi connectivity index (χ2n) is 7.44. The third kappa shape index (κ3) is 3.37. The fraction of sp³-hybridized carbons (Fsp3) is 1.00. The van der Waals surface area contributed by atoms with E-state index in [1.165, 1.54) is 6.92 Å². The van der Waals surface area contributed by atoms with Gasteiger partial charge in [0.1, 0.15) is 5.60 Å². The van der Waals surface area contributed by atoms with Crippen molar-refractivity contribution < 1.29 is 33.2 Å². The van der Waals surface area contributed by atoms with E-state index in [0.717, 1.165) is 6.42 Å². The average molecular weight is 418 g/mol. The van der Waals surface area contributed by atoms with Gasteiger partial charge in [-0.05, 0) is 56.3 Å². The van der Waals surface area contributed by atoms with Gasteiger partial charge in [-0.2, -0.15) is 13.2 Å². The standard InChI is InChI=1S/C16H25BrF3O4/c1-9-4-6-13(11(3)15(17,21)16(18,19)20)14(24-22)8-23-10(2)5-7-12(9)14/h9-13,22H,4-8H2,1-3H3/q-1/t9-,10+,11-,12?,13+,14-,15-/m1/s1. The molecular weight excluding hydrogens is 393 g/mol. The van der Waals surface area contributed by atoms with Gasteiger partial charge in [0.2, 0.25) is 0 Å². The van der Waals surface area contributed by atoms with E-state index in [4.69, 9.17) is 9.62 Å². The van der Waals surface area contributed by atoms with Gasteiger partial charge in [-0.15, -0.1) is 0 Å². The van der Waals surface area contributed by atoms with Gasteiger partial charge >= 0.3 is 6.18 Å². The maximum atomic E-state index is 13.2. The van der Waals surface area contributed by atoms with Gasteiger partial charge in [0.15, 0.2) is 0 Å². The van der Waals surface area contributed by atoms with E-state index < -0.39 is 28.1 Å². The van der Waals surface area contributed by atoms with Gasteiger partial charge in [0.25, 0.3) is 0 Å². The molecule has 1 aliphatic heterocycles. The molecule has 142 valence electrons. The minimum absolute atomic E-state index is 0.00435. The van der Waals surface area contributed by atoms with Gasteiger partial charge in [-0.1, -0.05) is 29.8 Å². The number of hydrogen-bond acceptors (Lipinski definition) is 4. The van der Waals surface area contributed by atoms with Crippen LogP contribution in [0.3, 0.4) is 0 Å². The van der Waals surface area contributed by atoms with Crippen LogP contribution in [0.4, 0.5) is 13.2 Å². The first-order valence-electron chi connectivity index (χ1n) is 8.37. The Kier molecular flexibility index (Phi) is 5.98. The molecule has 8 heteroatoms. The van der Waals surface area contributed by atoms with Crippen molar-refractivity contribution in [3.8, 4) is 0 Å². The largest absolute Gasteiger partial charge is 0.834 e. The number of halogens is 4. The molecule has 1 N–H and O–H groups in total. The van der Waals surface area contributed by atoms with E-state index in [1.807, 2.05) is 13.8 Å². The Bertz CT molecular complexity index is 446. The summed E-state index contributed by atoms with van der Waals surface area (Å²) in [5.41, 5.74) is -1.28. The minimum Gasteiger partial charge on any atom is -0.834 e. The van der Waals surface area contributed by atoms with E-state index in [1.54, 1.807) is 0 Å². The molecule has 0 amide bonds. The highest BCUT2D eigenvalue weighted by Gasteiger charge is 2.59. The molecule has 24 heavy (non-hydrogen) atoms. The van der Waals surface area contributed by atoms with Crippen molar-refractivity contribution in [1.82, 2.24) is 0 Å². The summed E-state index contributed by atoms with van der Waals surface area (Å²) in [5, 5.41) is 22.0. The zero-order chi connectivity index (χ0) is 18.3. The first kappa shape index (κ1) is 20.4. The quantitative estimate of drug-likeness (QED) is 0.431. The van der Waals surface area contributed by atoms with E-state index in [0.29, 0.717) is 19.3 Å². The molecule has 1 heterocycles. The highest BCUT2D eigenvalue weighted by molar-refractivity contribution is 9.10. The number of ether oxygens (including phenoxy) is 1. The summed E-state index contributed by atoms with van der Waals surface area (Å²) in [6.07, 6.45) is -2.50. The molecule has 0 aromatic heterocycles. The first-order chi connectivity index (χ1) is 11.0. The maximum absolute atomic E-state index is 13.2. The van der Waals surface area contributed by atoms with Gasteiger partial charge in [-0.25, -0.2) is 4.89 Å². The molecule has 0 spiro atoms. The van der Waals surface area contributed by atoms with Crippen LogP contribution in [-0.2, 0) is 9.62 Å². The summed E-state index contributed by atoms with van der Waals surface area (Å²) in [7, 11) is 0. The van der Waals surface area contributed by atoms with Crippen LogP contribution in [0.1, 0.15) is 46.5 Å². The maximum Gasteiger partial charge on any atom is 0.389 e. The molecule has 0 bridgehead atoms. The zero-order valence-corrected chi connectivity index (χ0v) is 15.7. The van der Waals surface area contributed by atoms with Crippen molar-refractivity contribution >= 4 is 15.9 Å². The Hall–Kier alpha value is 0.110. The smallest absolute Gasteiger partial charge is 0.389 e. The lowest BCUT2D eigenvalue weighted by Gasteiger charge is -2.55. The van der Waals surface area contributed by atoms with Crippen LogP contribution in [0, 0.1) is 23.7 Å². The molecule has 0 aromatic rings. The molecule has 2 fully saturated rings. The molecule has 1 unspecified atom stereocenters. The summed E-state index contributed by atoms with van der Waals surface area (Å²) >= 11 is 2.36. The summed E-state index contributed by atoms with van der Waals surface area (Å²) in [4.78, 5) is 4.87. The number of rotatable bonds is 3. The van der Waals surface area contributed by atoms with Crippen LogP contribution in [0.2, 0.25) is 0 Å². The Morgan fingerprint density at radius 1 is 1.25 bits per heavy atom. The molecule has 1 saturated heterocycles. The monoisotopic (exact) mass is 417 g/mol. The highest BCUT2D eigenvalue weighted by Crippen LogP contribution is 2.54. The van der Waals surface area contributed by atoms with Crippen molar-refractivity contribution in [2.75, 3.05) is 6.61 Å². The second kappa shape index (κ2) is 7.02. The Morgan fingerprint density at radius 3 is 2.42 bits per heavy atom. The average Bonchev–Trinajstić information content (AvgIpc) is 2.67. The summed E-state index contributed by atoms with van der Waals surface area (Å²) < 4.78 is 42.1. The molecule has 7 atom stereocenters. The number of alkyl halides is 4. The third-order valence-corrected chi connectivity index (χ3v) is 7.27. The van der Waals surface area contributed by atoms with Crippen LogP contribution < -0.4 is 5.11 Å². The third-order valence-electron chi connectivity index (χ3n) is 6.10. The lowest BCUT2D eigenvalue weighted by Crippen LogP contribution is -2.64. The molecule has 0 aromatic carbocycles. The lowest BCUT2D eigenvalue weighted by molar-refractivity contribution is -0.516. The van der Waals surface area contributed by atoms with Crippen LogP contribution in [0.15, 0.2) is 0 Å². The van der Waals surface area contributed by atoms with Gasteiger partial charge in [0, 0.05) is 4.51 Å². The second-order valence-corrected chi connectivity index (χ2v) is 8.62. The fourth-order valence-electron chi connectivity index (χ4n) is 4.51. The van der Waals surface area contributed by atoms with Gasteiger partial charge in [-0.3, -0.25) is 5.26 Å². The van der Waals surface area contributed by atoms with Crippen LogP contribution in [0.25, 0.3) is 0 Å². The summed E-state index contributed by atoms with van der Waals surface area (Å²) in [5.74, 6) is -2.05. The van der Waals surface area contributed by atoms with E-state index in [9.17, 15) is 23.5 Å². The van der Waals surface area contributed by atoms with Crippen LogP contribution in [-0.4, -0.2) is 34.3 Å². The Balaban J connectivity index is 2.41. The SMILES string of the molecule is C[C@@H]1CC[C@@H]([C@@H](C)[C@]([O-])(Br)C(F)(F)F)[C@@]2(OO)CO[C@@H](C)CCC12. The van der Waals surface area contributed by atoms with Gasteiger partial charge < -0.3 is 9.84 Å². The lowest BCUT2D eigenvalue weighted by atomic mass is 9.59. The molecule has 0 radical (unpaired) electrons. The first-order valence-corrected chi connectivity index (χ1v) is 9.17. The fourth-order valence-corrected chi connectivity index (χ4v) is 4.83. The van der Waals surface area contributed by atoms with Crippen molar-refractivity contribution in [3.63, 3.8) is 0 Å². The molecule has 1 aliphatic carbocycles. The predicted octanol–water partition coefficient (Wildman–Crippen LogP) is 3.73. The predicted molar refractivity (Wildman–Crippen MR) is 83.3 cm³/mol. The van der Waals surface area contributed by atoms with Crippen LogP contribution in [0.5, 0.6) is 0 Å². The Morgan fingerprint density at radius 2 is 1.88 bits per heavy atom. The van der Waals surface area contributed by atoms with Crippen molar-refractivity contribution in [2.45, 2.75) is 68.8 Å². The highest BCUT2D eigenvalue weighted by atomic mass is 79.9. The minimum atomic E-state index is -4.94. The van der Waals surface area contributed by atoms with Crippen molar-refractivity contribution in [2.24, 2.45) is 23.7 Å². The molecule has 2 rings (SSSR count). The van der Waals surface area contributed by atoms with Crippen LogP contribution >= 0.6 is 15.9 Å². The Labute approximate surface area is 148 Å².